The van der Waals surface area contributed by atoms with Gasteiger partial charge in [0.2, 0.25) is 0 Å². The molecule has 8 nitrogen and oxygen atoms in total. The molecule has 1 amide bonds. The second kappa shape index (κ2) is 10.4. The van der Waals surface area contributed by atoms with Crippen LogP contribution in [-0.2, 0) is 20.9 Å². The number of aliphatic hydroxyl groups excluding tert-OH is 1. The van der Waals surface area contributed by atoms with Crippen molar-refractivity contribution in [1.82, 2.24) is 4.90 Å². The average molecular weight is 488 g/mol. The van der Waals surface area contributed by atoms with E-state index in [9.17, 15) is 24.6 Å². The molecule has 1 aliphatic heterocycles. The number of rotatable bonds is 7. The summed E-state index contributed by atoms with van der Waals surface area (Å²) in [4.78, 5) is 39.5. The summed E-state index contributed by atoms with van der Waals surface area (Å²) in [6.07, 6.45) is 0. The standard InChI is InChI=1S/C28H25NO7/c1-3-36-22-6-4-5-20(15-22)25(31)23-24(18-11-13-21(30)14-12-18)29(27(33)26(23)32)16-17-7-9-19(10-8-17)28(34)35-2/h4-15,24,30-31H,3,16H2,1-2H3/b25-23+. The lowest BCUT2D eigenvalue weighted by Gasteiger charge is -2.25. The van der Waals surface area contributed by atoms with Gasteiger partial charge in [0.1, 0.15) is 17.3 Å². The van der Waals surface area contributed by atoms with E-state index in [4.69, 9.17) is 9.47 Å². The topological polar surface area (TPSA) is 113 Å². The fraction of sp³-hybridized carbons (Fsp3) is 0.179. The summed E-state index contributed by atoms with van der Waals surface area (Å²) >= 11 is 0. The summed E-state index contributed by atoms with van der Waals surface area (Å²) in [5.74, 6) is -1.86. The zero-order chi connectivity index (χ0) is 25.8. The summed E-state index contributed by atoms with van der Waals surface area (Å²) in [5.41, 5.74) is 1.84. The van der Waals surface area contributed by atoms with Crippen molar-refractivity contribution in [3.05, 3.63) is 101 Å². The maximum atomic E-state index is 13.2. The second-order valence-electron chi connectivity index (χ2n) is 8.17. The van der Waals surface area contributed by atoms with Crippen LogP contribution in [0.25, 0.3) is 5.76 Å². The van der Waals surface area contributed by atoms with Crippen molar-refractivity contribution in [2.24, 2.45) is 0 Å². The van der Waals surface area contributed by atoms with Crippen LogP contribution in [0.5, 0.6) is 11.5 Å². The smallest absolute Gasteiger partial charge is 0.337 e. The molecule has 1 unspecified atom stereocenters. The lowest BCUT2D eigenvalue weighted by atomic mass is 9.95. The van der Waals surface area contributed by atoms with Crippen molar-refractivity contribution < 1.29 is 34.1 Å². The number of ketones is 1. The van der Waals surface area contributed by atoms with Gasteiger partial charge in [0.25, 0.3) is 11.7 Å². The molecule has 4 rings (SSSR count). The Bertz CT molecular complexity index is 1330. The fourth-order valence-electron chi connectivity index (χ4n) is 4.16. The average Bonchev–Trinajstić information content (AvgIpc) is 3.14. The highest BCUT2D eigenvalue weighted by Gasteiger charge is 2.46. The van der Waals surface area contributed by atoms with E-state index >= 15 is 0 Å². The van der Waals surface area contributed by atoms with Crippen molar-refractivity contribution in [2.45, 2.75) is 19.5 Å². The number of likely N-dealkylation sites (tertiary alicyclic amines) is 1. The van der Waals surface area contributed by atoms with Gasteiger partial charge < -0.3 is 24.6 Å². The van der Waals surface area contributed by atoms with Gasteiger partial charge in [-0.2, -0.15) is 0 Å². The SMILES string of the molecule is CCOc1cccc(/C(O)=C2\C(=O)C(=O)N(Cc3ccc(C(=O)OC)cc3)C2c2ccc(O)cc2)c1. The number of ether oxygens (including phenoxy) is 2. The third-order valence-electron chi connectivity index (χ3n) is 5.90. The van der Waals surface area contributed by atoms with Gasteiger partial charge in [-0.05, 0) is 54.4 Å². The van der Waals surface area contributed by atoms with Gasteiger partial charge >= 0.3 is 5.97 Å². The quantitative estimate of drug-likeness (QED) is 0.222. The zero-order valence-corrected chi connectivity index (χ0v) is 19.8. The highest BCUT2D eigenvalue weighted by atomic mass is 16.5. The Hall–Kier alpha value is -4.59. The molecular weight excluding hydrogens is 462 g/mol. The lowest BCUT2D eigenvalue weighted by Crippen LogP contribution is -2.29. The van der Waals surface area contributed by atoms with Crippen molar-refractivity contribution in [3.8, 4) is 11.5 Å². The first-order chi connectivity index (χ1) is 17.3. The van der Waals surface area contributed by atoms with Crippen LogP contribution < -0.4 is 4.74 Å². The van der Waals surface area contributed by atoms with Crippen LogP contribution in [0.1, 0.15) is 40.0 Å². The Morgan fingerprint density at radius 3 is 2.31 bits per heavy atom. The number of amides is 1. The molecule has 1 fully saturated rings. The molecule has 1 aliphatic rings. The van der Waals surface area contributed by atoms with Crippen LogP contribution in [0.4, 0.5) is 0 Å². The fourth-order valence-corrected chi connectivity index (χ4v) is 4.16. The van der Waals surface area contributed by atoms with Gasteiger partial charge in [-0.3, -0.25) is 9.59 Å². The van der Waals surface area contributed by atoms with Crippen LogP contribution >= 0.6 is 0 Å². The number of nitrogens with zero attached hydrogens (tertiary/aromatic N) is 1. The molecule has 0 bridgehead atoms. The van der Waals surface area contributed by atoms with Gasteiger partial charge in [0.05, 0.1) is 30.9 Å². The van der Waals surface area contributed by atoms with E-state index in [1.807, 2.05) is 6.92 Å². The van der Waals surface area contributed by atoms with Crippen molar-refractivity contribution in [3.63, 3.8) is 0 Å². The Labute approximate surface area is 208 Å². The van der Waals surface area contributed by atoms with Crippen molar-refractivity contribution in [2.75, 3.05) is 13.7 Å². The van der Waals surface area contributed by atoms with Crippen molar-refractivity contribution in [1.29, 1.82) is 0 Å². The first-order valence-corrected chi connectivity index (χ1v) is 11.3. The Morgan fingerprint density at radius 1 is 0.972 bits per heavy atom. The second-order valence-corrected chi connectivity index (χ2v) is 8.17. The minimum Gasteiger partial charge on any atom is -0.508 e. The molecule has 1 heterocycles. The molecule has 8 heteroatoms. The van der Waals surface area contributed by atoms with E-state index < -0.39 is 23.7 Å². The molecule has 3 aromatic rings. The Balaban J connectivity index is 1.79. The van der Waals surface area contributed by atoms with Gasteiger partial charge in [0, 0.05) is 12.1 Å². The first kappa shape index (κ1) is 24.5. The van der Waals surface area contributed by atoms with Crippen LogP contribution in [-0.4, -0.2) is 46.5 Å². The molecule has 1 saturated heterocycles. The number of benzene rings is 3. The van der Waals surface area contributed by atoms with E-state index in [1.165, 1.54) is 24.1 Å². The number of methoxy groups -OCH3 is 1. The van der Waals surface area contributed by atoms with Crippen LogP contribution in [0.2, 0.25) is 0 Å². The summed E-state index contributed by atoms with van der Waals surface area (Å²) in [6, 6.07) is 18.4. The summed E-state index contributed by atoms with van der Waals surface area (Å²) < 4.78 is 10.2. The summed E-state index contributed by atoms with van der Waals surface area (Å²) in [5, 5.41) is 21.0. The van der Waals surface area contributed by atoms with E-state index in [1.54, 1.807) is 60.7 Å². The number of phenols is 1. The number of carbonyl (C=O) groups excluding carboxylic acids is 3. The minimum absolute atomic E-state index is 0.0264. The number of aliphatic hydroxyl groups is 1. The molecule has 0 radical (unpaired) electrons. The molecule has 2 N–H and O–H groups in total. The first-order valence-electron chi connectivity index (χ1n) is 11.3. The number of carbonyl (C=O) groups is 3. The third kappa shape index (κ3) is 4.79. The highest BCUT2D eigenvalue weighted by molar-refractivity contribution is 6.46. The largest absolute Gasteiger partial charge is 0.508 e. The van der Waals surface area contributed by atoms with E-state index in [2.05, 4.69) is 0 Å². The van der Waals surface area contributed by atoms with Gasteiger partial charge in [-0.15, -0.1) is 0 Å². The number of aromatic hydroxyl groups is 1. The summed E-state index contributed by atoms with van der Waals surface area (Å²) in [6.45, 7) is 2.31. The molecular formula is C28H25NO7. The van der Waals surface area contributed by atoms with Gasteiger partial charge in [0.15, 0.2) is 0 Å². The predicted octanol–water partition coefficient (Wildman–Crippen LogP) is 4.20. The maximum Gasteiger partial charge on any atom is 0.337 e. The van der Waals surface area contributed by atoms with Gasteiger partial charge in [-0.1, -0.05) is 36.4 Å². The summed E-state index contributed by atoms with van der Waals surface area (Å²) in [7, 11) is 1.29. The Morgan fingerprint density at radius 2 is 1.67 bits per heavy atom. The van der Waals surface area contributed by atoms with Gasteiger partial charge in [-0.25, -0.2) is 4.79 Å². The molecule has 1 atom stereocenters. The lowest BCUT2D eigenvalue weighted by molar-refractivity contribution is -0.140. The van der Waals surface area contributed by atoms with Crippen LogP contribution in [0.15, 0.2) is 78.4 Å². The molecule has 3 aromatic carbocycles. The highest BCUT2D eigenvalue weighted by Crippen LogP contribution is 2.41. The molecule has 184 valence electrons. The number of hydrogen-bond donors (Lipinski definition) is 2. The van der Waals surface area contributed by atoms with Crippen LogP contribution in [0, 0.1) is 0 Å². The maximum absolute atomic E-state index is 13.2. The van der Waals surface area contributed by atoms with E-state index in [0.717, 1.165) is 0 Å². The number of esters is 1. The monoisotopic (exact) mass is 487 g/mol. The molecule has 0 aromatic heterocycles. The molecule has 0 saturated carbocycles. The minimum atomic E-state index is -0.901. The van der Waals surface area contributed by atoms with Crippen molar-refractivity contribution >= 4 is 23.4 Å². The third-order valence-corrected chi connectivity index (χ3v) is 5.90. The molecule has 0 aliphatic carbocycles. The number of Topliss-reactive ketones (excluding diaryl/α,β-unsaturated/α-hetero) is 1. The molecule has 0 spiro atoms. The van der Waals surface area contributed by atoms with E-state index in [0.29, 0.717) is 34.6 Å². The molecule has 36 heavy (non-hydrogen) atoms. The Kier molecular flexibility index (Phi) is 7.05. The zero-order valence-electron chi connectivity index (χ0n) is 19.8. The number of phenolic OH excluding ortho intramolecular Hbond substituents is 1. The van der Waals surface area contributed by atoms with E-state index in [-0.39, 0.29) is 23.6 Å². The number of hydrogen-bond acceptors (Lipinski definition) is 7. The normalized spacial score (nSPS) is 16.7. The van der Waals surface area contributed by atoms with Crippen LogP contribution in [0.3, 0.4) is 0 Å². The predicted molar refractivity (Wildman–Crippen MR) is 131 cm³/mol.